The highest BCUT2D eigenvalue weighted by Crippen LogP contribution is 2.39. The summed E-state index contributed by atoms with van der Waals surface area (Å²) in [7, 11) is -3.09. The average Bonchev–Trinajstić information content (AvgIpc) is 3.31. The quantitative estimate of drug-likeness (QED) is 0.591. The Labute approximate surface area is 198 Å². The van der Waals surface area contributed by atoms with Crippen LogP contribution in [0.2, 0.25) is 5.15 Å². The van der Waals surface area contributed by atoms with Gasteiger partial charge in [-0.25, -0.2) is 13.1 Å². The lowest BCUT2D eigenvalue weighted by Gasteiger charge is -2.38. The molecule has 7 nitrogen and oxygen atoms in total. The van der Waals surface area contributed by atoms with Gasteiger partial charge in [-0.2, -0.15) is 5.10 Å². The third-order valence-electron chi connectivity index (χ3n) is 6.41. The number of carbonyl (C=O) groups is 1. The van der Waals surface area contributed by atoms with Crippen LogP contribution in [0.5, 0.6) is 0 Å². The number of anilines is 1. The smallest absolute Gasteiger partial charge is 0.257 e. The van der Waals surface area contributed by atoms with E-state index in [0.29, 0.717) is 41.4 Å². The van der Waals surface area contributed by atoms with Crippen molar-refractivity contribution in [3.8, 4) is 0 Å². The van der Waals surface area contributed by atoms with Crippen molar-refractivity contribution in [1.29, 1.82) is 0 Å². The molecule has 0 aliphatic carbocycles. The zero-order valence-corrected chi connectivity index (χ0v) is 19.8. The summed E-state index contributed by atoms with van der Waals surface area (Å²) in [6.07, 6.45) is 0.675. The molecule has 1 fully saturated rings. The van der Waals surface area contributed by atoms with Gasteiger partial charge >= 0.3 is 0 Å². The average molecular weight is 485 g/mol. The number of fused-ring (bicyclic) bond motifs is 1. The van der Waals surface area contributed by atoms with Gasteiger partial charge in [-0.1, -0.05) is 54.1 Å². The van der Waals surface area contributed by atoms with Crippen LogP contribution < -0.4 is 5.32 Å². The highest BCUT2D eigenvalue weighted by molar-refractivity contribution is 7.91. The predicted molar refractivity (Wildman–Crippen MR) is 128 cm³/mol. The standard InChI is InChI=1S/C24H25ClN4O3S/c1-16-21(22(25)29(27-16)18-12-14-33(31,32)15-18)23-26-20-10-6-5-9-19(20)24(30)28(23)13-11-17-7-3-2-4-8-17/h2-10,18,23,26H,11-15H2,1H3. The van der Waals surface area contributed by atoms with Crippen molar-refractivity contribution in [2.75, 3.05) is 23.4 Å². The van der Waals surface area contributed by atoms with Crippen LogP contribution in [-0.2, 0) is 16.3 Å². The first kappa shape index (κ1) is 22.0. The molecular weight excluding hydrogens is 460 g/mol. The molecule has 2 aliphatic rings. The lowest BCUT2D eigenvalue weighted by Crippen LogP contribution is -2.44. The van der Waals surface area contributed by atoms with Crippen molar-refractivity contribution < 1.29 is 13.2 Å². The van der Waals surface area contributed by atoms with E-state index in [1.807, 2.05) is 61.5 Å². The number of aryl methyl sites for hydroxylation is 1. The van der Waals surface area contributed by atoms with Gasteiger partial charge in [0.05, 0.1) is 34.4 Å². The molecule has 5 rings (SSSR count). The number of sulfone groups is 1. The molecule has 0 spiro atoms. The first-order valence-corrected chi connectivity index (χ1v) is 13.2. The lowest BCUT2D eigenvalue weighted by molar-refractivity contribution is 0.0685. The van der Waals surface area contributed by atoms with Gasteiger partial charge in [-0.15, -0.1) is 0 Å². The first-order chi connectivity index (χ1) is 15.8. The number of para-hydroxylation sites is 1. The van der Waals surface area contributed by atoms with Gasteiger partial charge in [0.25, 0.3) is 5.91 Å². The second-order valence-corrected chi connectivity index (χ2v) is 11.2. The van der Waals surface area contributed by atoms with Crippen molar-refractivity contribution in [3.63, 3.8) is 0 Å². The van der Waals surface area contributed by atoms with Crippen LogP contribution >= 0.6 is 11.6 Å². The summed E-state index contributed by atoms with van der Waals surface area (Å²) >= 11 is 6.82. The number of hydrogen-bond acceptors (Lipinski definition) is 5. The number of hydrogen-bond donors (Lipinski definition) is 1. The maximum absolute atomic E-state index is 13.5. The number of amides is 1. The van der Waals surface area contributed by atoms with Gasteiger partial charge in [0.15, 0.2) is 9.84 Å². The molecule has 0 saturated carbocycles. The first-order valence-electron chi connectivity index (χ1n) is 11.0. The van der Waals surface area contributed by atoms with Crippen LogP contribution in [0.15, 0.2) is 54.6 Å². The summed E-state index contributed by atoms with van der Waals surface area (Å²) in [5.74, 6) is 0.0982. The molecule has 0 bridgehead atoms. The number of aromatic nitrogens is 2. The summed E-state index contributed by atoms with van der Waals surface area (Å²) in [6, 6.07) is 17.2. The highest BCUT2D eigenvalue weighted by Gasteiger charge is 2.38. The van der Waals surface area contributed by atoms with Gasteiger partial charge in [0.2, 0.25) is 0 Å². The molecule has 2 atom stereocenters. The molecule has 1 saturated heterocycles. The number of carbonyl (C=O) groups excluding carboxylic acids is 1. The summed E-state index contributed by atoms with van der Waals surface area (Å²) in [4.78, 5) is 15.3. The minimum Gasteiger partial charge on any atom is -0.361 e. The summed E-state index contributed by atoms with van der Waals surface area (Å²) < 4.78 is 25.7. The Kier molecular flexibility index (Phi) is 5.66. The van der Waals surface area contributed by atoms with E-state index in [1.54, 1.807) is 9.58 Å². The fourth-order valence-corrected chi connectivity index (χ4v) is 6.81. The SMILES string of the molecule is Cc1nn(C2CCS(=O)(=O)C2)c(Cl)c1C1Nc2ccccc2C(=O)N1CCc1ccccc1. The Hall–Kier alpha value is -2.84. The summed E-state index contributed by atoms with van der Waals surface area (Å²) in [6.45, 7) is 2.34. The Bertz CT molecular complexity index is 1310. The van der Waals surface area contributed by atoms with Gasteiger partial charge < -0.3 is 10.2 Å². The van der Waals surface area contributed by atoms with Gasteiger partial charge in [0.1, 0.15) is 11.3 Å². The molecule has 1 aromatic heterocycles. The van der Waals surface area contributed by atoms with Crippen LogP contribution in [-0.4, -0.2) is 47.1 Å². The van der Waals surface area contributed by atoms with Crippen molar-refractivity contribution in [1.82, 2.24) is 14.7 Å². The van der Waals surface area contributed by atoms with E-state index >= 15 is 0 Å². The predicted octanol–water partition coefficient (Wildman–Crippen LogP) is 4.01. The van der Waals surface area contributed by atoms with Crippen LogP contribution in [0.25, 0.3) is 0 Å². The zero-order chi connectivity index (χ0) is 23.2. The van der Waals surface area contributed by atoms with Crippen LogP contribution in [0.1, 0.15) is 45.8 Å². The molecule has 2 aliphatic heterocycles. The Morgan fingerprint density at radius 3 is 2.58 bits per heavy atom. The minimum atomic E-state index is -3.09. The van der Waals surface area contributed by atoms with E-state index in [2.05, 4.69) is 10.4 Å². The van der Waals surface area contributed by atoms with Crippen molar-refractivity contribution >= 4 is 33.0 Å². The van der Waals surface area contributed by atoms with E-state index in [1.165, 1.54) is 0 Å². The molecule has 9 heteroatoms. The van der Waals surface area contributed by atoms with E-state index in [0.717, 1.165) is 11.3 Å². The van der Waals surface area contributed by atoms with E-state index < -0.39 is 16.0 Å². The van der Waals surface area contributed by atoms with Crippen molar-refractivity contribution in [2.45, 2.75) is 32.0 Å². The van der Waals surface area contributed by atoms with Crippen LogP contribution in [0.4, 0.5) is 5.69 Å². The zero-order valence-electron chi connectivity index (χ0n) is 18.2. The second-order valence-electron chi connectivity index (χ2n) is 8.62. The maximum Gasteiger partial charge on any atom is 0.257 e. The third kappa shape index (κ3) is 4.13. The number of benzene rings is 2. The fraction of sp³-hybridized carbons (Fsp3) is 0.333. The van der Waals surface area contributed by atoms with E-state index in [-0.39, 0.29) is 23.5 Å². The van der Waals surface area contributed by atoms with E-state index in [9.17, 15) is 13.2 Å². The summed E-state index contributed by atoms with van der Waals surface area (Å²) in [5.41, 5.74) is 3.88. The molecule has 3 heterocycles. The molecule has 2 aromatic carbocycles. The molecular formula is C24H25ClN4O3S. The molecule has 1 amide bonds. The number of rotatable bonds is 5. The molecule has 33 heavy (non-hydrogen) atoms. The molecule has 3 aromatic rings. The normalized spacial score (nSPS) is 21.6. The maximum atomic E-state index is 13.5. The topological polar surface area (TPSA) is 84.3 Å². The van der Waals surface area contributed by atoms with Gasteiger partial charge in [-0.3, -0.25) is 4.79 Å². The second kappa shape index (κ2) is 8.50. The molecule has 0 radical (unpaired) electrons. The Balaban J connectivity index is 1.52. The molecule has 2 unspecified atom stereocenters. The third-order valence-corrected chi connectivity index (χ3v) is 8.53. The molecule has 172 valence electrons. The number of nitrogens with zero attached hydrogens (tertiary/aromatic N) is 3. The fourth-order valence-electron chi connectivity index (χ4n) is 4.70. The van der Waals surface area contributed by atoms with Crippen molar-refractivity contribution in [3.05, 3.63) is 82.1 Å². The highest BCUT2D eigenvalue weighted by atomic mass is 35.5. The van der Waals surface area contributed by atoms with E-state index in [4.69, 9.17) is 11.6 Å². The summed E-state index contributed by atoms with van der Waals surface area (Å²) in [5, 5.41) is 8.47. The van der Waals surface area contributed by atoms with Crippen LogP contribution in [0.3, 0.4) is 0 Å². The largest absolute Gasteiger partial charge is 0.361 e. The molecule has 1 N–H and O–H groups in total. The monoisotopic (exact) mass is 484 g/mol. The minimum absolute atomic E-state index is 0.0326. The van der Waals surface area contributed by atoms with Crippen LogP contribution in [0, 0.1) is 6.92 Å². The lowest BCUT2D eigenvalue weighted by atomic mass is 10.0. The van der Waals surface area contributed by atoms with Gasteiger partial charge in [-0.05, 0) is 37.5 Å². The Morgan fingerprint density at radius 2 is 1.85 bits per heavy atom. The Morgan fingerprint density at radius 1 is 1.12 bits per heavy atom. The number of halogens is 1. The number of nitrogens with one attached hydrogen (secondary N) is 1. The van der Waals surface area contributed by atoms with Crippen molar-refractivity contribution in [2.24, 2.45) is 0 Å². The van der Waals surface area contributed by atoms with Gasteiger partial charge in [0, 0.05) is 12.2 Å².